The van der Waals surface area contributed by atoms with Crippen molar-refractivity contribution in [2.24, 2.45) is 5.92 Å². The predicted molar refractivity (Wildman–Crippen MR) is 75.6 cm³/mol. The molecule has 0 atom stereocenters. The predicted octanol–water partition coefficient (Wildman–Crippen LogP) is 4.37. The van der Waals surface area contributed by atoms with Gasteiger partial charge in [-0.25, -0.2) is 4.79 Å². The van der Waals surface area contributed by atoms with E-state index in [1.807, 2.05) is 0 Å². The summed E-state index contributed by atoms with van der Waals surface area (Å²) in [4.78, 5) is 12.6. The van der Waals surface area contributed by atoms with Crippen LogP contribution in [0.2, 0.25) is 5.02 Å². The molecule has 0 N–H and O–H groups in total. The highest BCUT2D eigenvalue weighted by atomic mass is 35.5. The van der Waals surface area contributed by atoms with Crippen molar-refractivity contribution < 1.29 is 9.53 Å². The third kappa shape index (κ3) is 3.66. The highest BCUT2D eigenvalue weighted by Gasteiger charge is 2.17. The van der Waals surface area contributed by atoms with Gasteiger partial charge in [0.05, 0.1) is 17.2 Å². The molecule has 18 heavy (non-hydrogen) atoms. The molecule has 1 aromatic carbocycles. The van der Waals surface area contributed by atoms with Gasteiger partial charge < -0.3 is 4.74 Å². The van der Waals surface area contributed by atoms with Crippen LogP contribution in [-0.4, -0.2) is 12.6 Å². The largest absolute Gasteiger partial charge is 0.462 e. The maximum atomic E-state index is 11.9. The van der Waals surface area contributed by atoms with Crippen molar-refractivity contribution >= 4 is 30.2 Å². The van der Waals surface area contributed by atoms with E-state index in [0.717, 1.165) is 12.8 Å². The van der Waals surface area contributed by atoms with E-state index in [2.05, 4.69) is 12.6 Å². The Labute approximate surface area is 118 Å². The number of esters is 1. The zero-order valence-electron chi connectivity index (χ0n) is 10.2. The third-order valence-electron chi connectivity index (χ3n) is 3.34. The number of hydrogen-bond acceptors (Lipinski definition) is 3. The summed E-state index contributed by atoms with van der Waals surface area (Å²) in [7, 11) is 0. The van der Waals surface area contributed by atoms with Crippen LogP contribution in [0, 0.1) is 5.92 Å². The van der Waals surface area contributed by atoms with Crippen molar-refractivity contribution in [1.82, 2.24) is 0 Å². The topological polar surface area (TPSA) is 26.3 Å². The number of rotatable bonds is 3. The second-order valence-electron chi connectivity index (χ2n) is 4.77. The third-order valence-corrected chi connectivity index (χ3v) is 3.95. The minimum atomic E-state index is -0.346. The van der Waals surface area contributed by atoms with Crippen LogP contribution in [0.15, 0.2) is 23.1 Å². The lowest BCUT2D eigenvalue weighted by Gasteiger charge is -2.21. The molecule has 2 nitrogen and oxygen atoms in total. The fourth-order valence-electron chi connectivity index (χ4n) is 2.29. The lowest BCUT2D eigenvalue weighted by Crippen LogP contribution is -2.17. The number of carbonyl (C=O) groups excluding carboxylic acids is 1. The number of carbonyl (C=O) groups is 1. The molecule has 0 radical (unpaired) electrons. The molecule has 0 bridgehead atoms. The van der Waals surface area contributed by atoms with Gasteiger partial charge in [-0.15, -0.1) is 12.6 Å². The molecule has 0 saturated heterocycles. The molecule has 0 aromatic heterocycles. The first kappa shape index (κ1) is 13.8. The van der Waals surface area contributed by atoms with Crippen LogP contribution in [0.1, 0.15) is 42.5 Å². The molecule has 0 aliphatic heterocycles. The van der Waals surface area contributed by atoms with Gasteiger partial charge in [0.15, 0.2) is 0 Å². The van der Waals surface area contributed by atoms with Crippen LogP contribution >= 0.6 is 24.2 Å². The minimum absolute atomic E-state index is 0.346. The summed E-state index contributed by atoms with van der Waals surface area (Å²) in [5, 5.41) is 0.418. The normalized spacial score (nSPS) is 16.6. The van der Waals surface area contributed by atoms with Crippen molar-refractivity contribution in [2.75, 3.05) is 6.61 Å². The van der Waals surface area contributed by atoms with E-state index in [0.29, 0.717) is 28.0 Å². The molecule has 0 spiro atoms. The van der Waals surface area contributed by atoms with Crippen LogP contribution in [0.5, 0.6) is 0 Å². The maximum absolute atomic E-state index is 11.9. The zero-order chi connectivity index (χ0) is 13.0. The summed E-state index contributed by atoms with van der Waals surface area (Å²) < 4.78 is 5.35. The highest BCUT2D eigenvalue weighted by molar-refractivity contribution is 7.80. The molecule has 1 aliphatic rings. The highest BCUT2D eigenvalue weighted by Crippen LogP contribution is 2.25. The molecule has 1 aliphatic carbocycles. The molecular weight excluding hydrogens is 268 g/mol. The van der Waals surface area contributed by atoms with Gasteiger partial charge in [0.25, 0.3) is 0 Å². The fourth-order valence-corrected chi connectivity index (χ4v) is 2.69. The zero-order valence-corrected chi connectivity index (χ0v) is 11.8. The van der Waals surface area contributed by atoms with Crippen molar-refractivity contribution in [3.8, 4) is 0 Å². The summed E-state index contributed by atoms with van der Waals surface area (Å²) >= 11 is 10.2. The van der Waals surface area contributed by atoms with Crippen LogP contribution in [0.3, 0.4) is 0 Å². The van der Waals surface area contributed by atoms with E-state index < -0.39 is 0 Å². The molecule has 2 rings (SSSR count). The summed E-state index contributed by atoms with van der Waals surface area (Å²) in [5.41, 5.74) is 0.403. The van der Waals surface area contributed by atoms with Crippen molar-refractivity contribution in [3.05, 3.63) is 28.8 Å². The molecule has 98 valence electrons. The van der Waals surface area contributed by atoms with E-state index >= 15 is 0 Å². The molecule has 1 aromatic rings. The van der Waals surface area contributed by atoms with Gasteiger partial charge >= 0.3 is 5.97 Å². The first-order valence-electron chi connectivity index (χ1n) is 6.32. The summed E-state index contributed by atoms with van der Waals surface area (Å²) in [6, 6.07) is 5.07. The maximum Gasteiger partial charge on any atom is 0.339 e. The number of benzene rings is 1. The standard InChI is InChI=1S/C14H17ClO2S/c15-13-7-6-11(18)8-12(13)14(16)17-9-10-4-2-1-3-5-10/h6-8,10,18H,1-5,9H2. The smallest absolute Gasteiger partial charge is 0.339 e. The van der Waals surface area contributed by atoms with Gasteiger partial charge in [-0.2, -0.15) is 0 Å². The molecular formula is C14H17ClO2S. The SMILES string of the molecule is O=C(OCC1CCCCC1)c1cc(S)ccc1Cl. The van der Waals surface area contributed by atoms with E-state index in [1.165, 1.54) is 19.3 Å². The van der Waals surface area contributed by atoms with Crippen molar-refractivity contribution in [2.45, 2.75) is 37.0 Å². The van der Waals surface area contributed by atoms with Gasteiger partial charge in [-0.3, -0.25) is 0 Å². The van der Waals surface area contributed by atoms with Crippen LogP contribution in [0.25, 0.3) is 0 Å². The molecule has 0 heterocycles. The van der Waals surface area contributed by atoms with E-state index in [4.69, 9.17) is 16.3 Å². The molecule has 1 fully saturated rings. The van der Waals surface area contributed by atoms with Crippen molar-refractivity contribution in [3.63, 3.8) is 0 Å². The Morgan fingerprint density at radius 3 is 2.78 bits per heavy atom. The molecule has 1 saturated carbocycles. The lowest BCUT2D eigenvalue weighted by molar-refractivity contribution is 0.0410. The fraction of sp³-hybridized carbons (Fsp3) is 0.500. The van der Waals surface area contributed by atoms with Crippen LogP contribution < -0.4 is 0 Å². The summed E-state index contributed by atoms with van der Waals surface area (Å²) in [6.07, 6.45) is 6.11. The van der Waals surface area contributed by atoms with Gasteiger partial charge in [-0.05, 0) is 37.0 Å². The number of ether oxygens (including phenoxy) is 1. The summed E-state index contributed by atoms with van der Waals surface area (Å²) in [6.45, 7) is 0.506. The second-order valence-corrected chi connectivity index (χ2v) is 5.69. The lowest BCUT2D eigenvalue weighted by atomic mass is 9.90. The van der Waals surface area contributed by atoms with E-state index in [1.54, 1.807) is 18.2 Å². The number of hydrogen-bond donors (Lipinski definition) is 1. The van der Waals surface area contributed by atoms with Gasteiger partial charge in [0, 0.05) is 4.90 Å². The Morgan fingerprint density at radius 1 is 1.33 bits per heavy atom. The molecule has 0 unspecified atom stereocenters. The Morgan fingerprint density at radius 2 is 2.06 bits per heavy atom. The Kier molecular flexibility index (Phi) is 4.95. The average Bonchev–Trinajstić information content (AvgIpc) is 2.40. The average molecular weight is 285 g/mol. The monoisotopic (exact) mass is 284 g/mol. The Balaban J connectivity index is 1.92. The molecule has 4 heteroatoms. The molecule has 0 amide bonds. The van der Waals surface area contributed by atoms with E-state index in [9.17, 15) is 4.79 Å². The quantitative estimate of drug-likeness (QED) is 0.659. The first-order chi connectivity index (χ1) is 8.66. The van der Waals surface area contributed by atoms with Crippen LogP contribution in [0.4, 0.5) is 0 Å². The second kappa shape index (κ2) is 6.48. The van der Waals surface area contributed by atoms with Gasteiger partial charge in [-0.1, -0.05) is 30.9 Å². The summed E-state index contributed by atoms with van der Waals surface area (Å²) in [5.74, 6) is 0.169. The first-order valence-corrected chi connectivity index (χ1v) is 7.15. The van der Waals surface area contributed by atoms with E-state index in [-0.39, 0.29) is 5.97 Å². The van der Waals surface area contributed by atoms with Crippen molar-refractivity contribution in [1.29, 1.82) is 0 Å². The van der Waals surface area contributed by atoms with Crippen LogP contribution in [-0.2, 0) is 4.74 Å². The minimum Gasteiger partial charge on any atom is -0.462 e. The van der Waals surface area contributed by atoms with Gasteiger partial charge in [0.2, 0.25) is 0 Å². The Bertz CT molecular complexity index is 428. The number of halogens is 1. The van der Waals surface area contributed by atoms with Gasteiger partial charge in [0.1, 0.15) is 0 Å². The Hall–Kier alpha value is -0.670. The number of thiol groups is 1.